The van der Waals surface area contributed by atoms with Crippen LogP contribution in [0, 0.1) is 0 Å². The summed E-state index contributed by atoms with van der Waals surface area (Å²) in [6.07, 6.45) is -0.496. The van der Waals surface area contributed by atoms with Crippen LogP contribution in [0.4, 0.5) is 10.5 Å². The van der Waals surface area contributed by atoms with E-state index in [0.717, 1.165) is 0 Å². The second-order valence-corrected chi connectivity index (χ2v) is 4.82. The van der Waals surface area contributed by atoms with Crippen LogP contribution < -0.4 is 16.4 Å². The Bertz CT molecular complexity index is 556. The number of carboxylic acids is 1. The highest BCUT2D eigenvalue weighted by Crippen LogP contribution is 2.11. The Balaban J connectivity index is 2.56. The minimum absolute atomic E-state index is 0.235. The van der Waals surface area contributed by atoms with Crippen molar-refractivity contribution >= 4 is 23.6 Å². The van der Waals surface area contributed by atoms with Gasteiger partial charge in [-0.2, -0.15) is 0 Å². The van der Waals surface area contributed by atoms with E-state index in [4.69, 9.17) is 10.8 Å². The number of nitrogens with one attached hydrogen (secondary N) is 2. The monoisotopic (exact) mass is 295 g/mol. The summed E-state index contributed by atoms with van der Waals surface area (Å²) in [4.78, 5) is 33.2. The number of carbonyl (C=O) groups is 3. The Morgan fingerprint density at radius 3 is 2.57 bits per heavy atom. The van der Waals surface area contributed by atoms with Gasteiger partial charge in [-0.15, -0.1) is 0 Å². The van der Waals surface area contributed by atoms with Gasteiger partial charge >= 0.3 is 12.0 Å². The summed E-state index contributed by atoms with van der Waals surface area (Å²) in [5.74, 6) is -1.79. The number of aliphatic carboxylic acids is 1. The lowest BCUT2D eigenvalue weighted by molar-refractivity contribution is -0.141. The van der Waals surface area contributed by atoms with E-state index < -0.39 is 29.9 Å². The third-order valence-corrected chi connectivity index (χ3v) is 2.57. The van der Waals surface area contributed by atoms with Gasteiger partial charge in [0.15, 0.2) is 0 Å². The normalized spacial score (nSPS) is 13.0. The van der Waals surface area contributed by atoms with Crippen molar-refractivity contribution in [2.75, 3.05) is 11.9 Å². The van der Waals surface area contributed by atoms with Gasteiger partial charge in [-0.05, 0) is 25.1 Å². The summed E-state index contributed by atoms with van der Waals surface area (Å²) in [6, 6.07) is 5.38. The predicted octanol–water partition coefficient (Wildman–Crippen LogP) is 0.133. The van der Waals surface area contributed by atoms with Crippen LogP contribution >= 0.6 is 0 Å². The molecule has 0 fully saturated rings. The molecule has 0 aliphatic rings. The van der Waals surface area contributed by atoms with Gasteiger partial charge < -0.3 is 26.6 Å². The van der Waals surface area contributed by atoms with E-state index in [1.54, 1.807) is 12.1 Å². The Labute approximate surface area is 120 Å². The fraction of sp³-hybridized carbons (Fsp3) is 0.308. The molecule has 0 heterocycles. The van der Waals surface area contributed by atoms with Crippen LogP contribution in [0.25, 0.3) is 0 Å². The zero-order valence-corrected chi connectivity index (χ0v) is 11.4. The van der Waals surface area contributed by atoms with Crippen LogP contribution in [-0.4, -0.2) is 40.3 Å². The van der Waals surface area contributed by atoms with Crippen molar-refractivity contribution < 1.29 is 24.6 Å². The molecule has 0 radical (unpaired) electrons. The highest BCUT2D eigenvalue weighted by molar-refractivity contribution is 5.95. The van der Waals surface area contributed by atoms with Gasteiger partial charge in [0.25, 0.3) is 0 Å². The van der Waals surface area contributed by atoms with Crippen LogP contribution in [-0.2, 0) is 4.79 Å². The maximum absolute atomic E-state index is 11.6. The molecule has 0 aliphatic carbocycles. The van der Waals surface area contributed by atoms with Gasteiger partial charge in [0.1, 0.15) is 0 Å². The number of carboxylic acid groups (broad SMARTS) is 1. The molecule has 1 aromatic carbocycles. The summed E-state index contributed by atoms with van der Waals surface area (Å²) in [7, 11) is 0. The highest BCUT2D eigenvalue weighted by atomic mass is 16.4. The molecule has 0 aromatic heterocycles. The lowest BCUT2D eigenvalue weighted by Crippen LogP contribution is -2.43. The average molecular weight is 295 g/mol. The van der Waals surface area contributed by atoms with Crippen molar-refractivity contribution in [2.24, 2.45) is 5.73 Å². The van der Waals surface area contributed by atoms with Gasteiger partial charge in [-0.25, -0.2) is 4.79 Å². The summed E-state index contributed by atoms with van der Waals surface area (Å²) < 4.78 is 0. The Kier molecular flexibility index (Phi) is 5.25. The largest absolute Gasteiger partial charge is 0.481 e. The first-order chi connectivity index (χ1) is 9.69. The Morgan fingerprint density at radius 1 is 1.33 bits per heavy atom. The molecule has 0 saturated carbocycles. The first-order valence-corrected chi connectivity index (χ1v) is 6.08. The molecule has 6 N–H and O–H groups in total. The van der Waals surface area contributed by atoms with Gasteiger partial charge in [0.05, 0.1) is 12.0 Å². The zero-order valence-electron chi connectivity index (χ0n) is 11.4. The van der Waals surface area contributed by atoms with Gasteiger partial charge in [0.2, 0.25) is 5.91 Å². The van der Waals surface area contributed by atoms with E-state index in [0.29, 0.717) is 5.69 Å². The first-order valence-electron chi connectivity index (χ1n) is 6.08. The van der Waals surface area contributed by atoms with Crippen LogP contribution in [0.2, 0.25) is 0 Å². The molecule has 1 unspecified atom stereocenters. The number of primary amides is 1. The summed E-state index contributed by atoms with van der Waals surface area (Å²) in [5, 5.41) is 23.1. The molecule has 114 valence electrons. The molecule has 0 aliphatic heterocycles. The topological polar surface area (TPSA) is 142 Å². The fourth-order valence-electron chi connectivity index (χ4n) is 1.58. The van der Waals surface area contributed by atoms with Crippen LogP contribution in [0.1, 0.15) is 23.7 Å². The lowest BCUT2D eigenvalue weighted by Gasteiger charge is -2.21. The van der Waals surface area contributed by atoms with Gasteiger partial charge in [-0.1, -0.05) is 6.07 Å². The molecule has 0 spiro atoms. The number of rotatable bonds is 6. The van der Waals surface area contributed by atoms with Gasteiger partial charge in [0, 0.05) is 17.8 Å². The SMILES string of the molecule is CC(O)(CNC(=O)Nc1cccc(C(N)=O)c1)CC(=O)O. The van der Waals surface area contributed by atoms with Crippen molar-refractivity contribution in [3.05, 3.63) is 29.8 Å². The number of amides is 3. The van der Waals surface area contributed by atoms with Crippen molar-refractivity contribution in [2.45, 2.75) is 18.9 Å². The maximum atomic E-state index is 11.6. The fourth-order valence-corrected chi connectivity index (χ4v) is 1.58. The molecule has 1 aromatic rings. The van der Waals surface area contributed by atoms with E-state index in [-0.39, 0.29) is 12.1 Å². The molecular formula is C13H17N3O5. The van der Waals surface area contributed by atoms with Crippen LogP contribution in [0.3, 0.4) is 0 Å². The second-order valence-electron chi connectivity index (χ2n) is 4.82. The quantitative estimate of drug-likeness (QED) is 0.507. The van der Waals surface area contributed by atoms with E-state index >= 15 is 0 Å². The first kappa shape index (κ1) is 16.4. The minimum atomic E-state index is -1.56. The second kappa shape index (κ2) is 6.71. The smallest absolute Gasteiger partial charge is 0.319 e. The minimum Gasteiger partial charge on any atom is -0.481 e. The number of carbonyl (C=O) groups excluding carboxylic acids is 2. The van der Waals surface area contributed by atoms with E-state index in [9.17, 15) is 19.5 Å². The number of anilines is 1. The summed E-state index contributed by atoms with van der Waals surface area (Å²) in [5.41, 5.74) is 4.15. The molecular weight excluding hydrogens is 278 g/mol. The Morgan fingerprint density at radius 2 is 2.00 bits per heavy atom. The zero-order chi connectivity index (χ0) is 16.0. The molecule has 0 bridgehead atoms. The molecule has 1 atom stereocenters. The molecule has 8 heteroatoms. The van der Waals surface area contributed by atoms with Crippen LogP contribution in [0.15, 0.2) is 24.3 Å². The van der Waals surface area contributed by atoms with E-state index in [2.05, 4.69) is 10.6 Å². The van der Waals surface area contributed by atoms with Crippen molar-refractivity contribution in [3.63, 3.8) is 0 Å². The van der Waals surface area contributed by atoms with Gasteiger partial charge in [-0.3, -0.25) is 9.59 Å². The van der Waals surface area contributed by atoms with Crippen molar-refractivity contribution in [1.29, 1.82) is 0 Å². The third kappa shape index (κ3) is 5.91. The molecule has 1 rings (SSSR count). The van der Waals surface area contributed by atoms with E-state index in [1.165, 1.54) is 19.1 Å². The van der Waals surface area contributed by atoms with E-state index in [1.807, 2.05) is 0 Å². The Hall–Kier alpha value is -2.61. The number of nitrogens with two attached hydrogens (primary N) is 1. The van der Waals surface area contributed by atoms with Crippen molar-refractivity contribution in [3.8, 4) is 0 Å². The number of benzene rings is 1. The summed E-state index contributed by atoms with van der Waals surface area (Å²) >= 11 is 0. The summed E-state index contributed by atoms with van der Waals surface area (Å²) in [6.45, 7) is 1.07. The molecule has 8 nitrogen and oxygen atoms in total. The third-order valence-electron chi connectivity index (χ3n) is 2.57. The molecule has 21 heavy (non-hydrogen) atoms. The number of aliphatic hydroxyl groups is 1. The number of urea groups is 1. The highest BCUT2D eigenvalue weighted by Gasteiger charge is 2.24. The standard InChI is InChI=1S/C13H17N3O5/c1-13(21,6-10(17)18)7-15-12(20)16-9-4-2-3-8(5-9)11(14)19/h2-5,21H,6-7H2,1H3,(H2,14,19)(H,17,18)(H2,15,16,20). The number of hydrogen-bond acceptors (Lipinski definition) is 4. The average Bonchev–Trinajstić information content (AvgIpc) is 2.35. The van der Waals surface area contributed by atoms with Crippen molar-refractivity contribution in [1.82, 2.24) is 5.32 Å². The number of hydrogen-bond donors (Lipinski definition) is 5. The lowest BCUT2D eigenvalue weighted by atomic mass is 10.0. The predicted molar refractivity (Wildman–Crippen MR) is 74.9 cm³/mol. The van der Waals surface area contributed by atoms with Crippen LogP contribution in [0.5, 0.6) is 0 Å². The molecule has 0 saturated heterocycles. The maximum Gasteiger partial charge on any atom is 0.319 e. The molecule has 3 amide bonds.